The average molecular weight is 440 g/mol. The summed E-state index contributed by atoms with van der Waals surface area (Å²) in [6.45, 7) is 16.8. The molecule has 0 heterocycles. The summed E-state index contributed by atoms with van der Waals surface area (Å²) in [4.78, 5) is 0. The molecule has 1 aliphatic rings. The van der Waals surface area contributed by atoms with Crippen molar-refractivity contribution in [2.24, 2.45) is 0 Å². The molecule has 0 unspecified atom stereocenters. The second kappa shape index (κ2) is 20.5. The normalized spacial score (nSPS) is 16.0. The first kappa shape index (κ1) is 32.9. The molecule has 0 aromatic heterocycles. The van der Waals surface area contributed by atoms with Crippen LogP contribution in [0.2, 0.25) is 13.1 Å². The molecule has 28 heavy (non-hydrogen) atoms. The van der Waals surface area contributed by atoms with Gasteiger partial charge in [0, 0.05) is 0 Å². The Labute approximate surface area is 195 Å². The third-order valence-electron chi connectivity index (χ3n) is 5.28. The summed E-state index contributed by atoms with van der Waals surface area (Å²) in [5.74, 6) is 0. The van der Waals surface area contributed by atoms with Crippen LogP contribution in [0.3, 0.4) is 0 Å². The van der Waals surface area contributed by atoms with E-state index in [9.17, 15) is 0 Å². The minimum absolute atomic E-state index is 0. The molecule has 1 aliphatic carbocycles. The van der Waals surface area contributed by atoms with Gasteiger partial charge in [-0.2, -0.15) is 28.3 Å². The van der Waals surface area contributed by atoms with Gasteiger partial charge in [-0.15, -0.1) is 14.8 Å². The number of hydrogen-bond donors (Lipinski definition) is 0. The Hall–Kier alpha value is 0.241. The zero-order chi connectivity index (χ0) is 19.9. The van der Waals surface area contributed by atoms with E-state index in [1.807, 2.05) is 0 Å². The van der Waals surface area contributed by atoms with Gasteiger partial charge in [-0.1, -0.05) is 111 Å². The molecule has 0 bridgehead atoms. The molecule has 1 aromatic carbocycles. The predicted molar refractivity (Wildman–Crippen MR) is 131 cm³/mol. The molecule has 0 radical (unpaired) electrons. The van der Waals surface area contributed by atoms with Crippen molar-refractivity contribution in [3.8, 4) is 0 Å². The van der Waals surface area contributed by atoms with Crippen molar-refractivity contribution >= 4 is 8.80 Å². The molecule has 2 rings (SSSR count). The summed E-state index contributed by atoms with van der Waals surface area (Å²) in [7, 11) is -0.389. The third-order valence-corrected chi connectivity index (χ3v) is 5.28. The van der Waals surface area contributed by atoms with Gasteiger partial charge in [0.1, 0.15) is 0 Å². The van der Waals surface area contributed by atoms with Crippen LogP contribution in [-0.2, 0) is 21.7 Å². The van der Waals surface area contributed by atoms with Gasteiger partial charge < -0.3 is 19.7 Å². The Morgan fingerprint density at radius 2 is 1.21 bits per heavy atom. The van der Waals surface area contributed by atoms with E-state index >= 15 is 0 Å². The largest absolute Gasteiger partial charge is 4.00 e. The molecule has 0 aliphatic heterocycles. The fourth-order valence-corrected chi connectivity index (χ4v) is 3.30. The van der Waals surface area contributed by atoms with E-state index in [-0.39, 0.29) is 44.0 Å². The maximum absolute atomic E-state index is 7.80. The number of hydrogen-bond acceptors (Lipinski definition) is 0. The first-order valence-electron chi connectivity index (χ1n) is 11.0. The molecule has 0 spiro atoms. The summed E-state index contributed by atoms with van der Waals surface area (Å²) >= 11 is 0. The molecule has 1 aromatic rings. The van der Waals surface area contributed by atoms with E-state index in [0.29, 0.717) is 0 Å². The van der Waals surface area contributed by atoms with Gasteiger partial charge in [0.15, 0.2) is 0 Å². The summed E-state index contributed by atoms with van der Waals surface area (Å²) in [6, 6.07) is 2.49. The Morgan fingerprint density at radius 3 is 1.43 bits per heavy atom. The van der Waals surface area contributed by atoms with Crippen LogP contribution in [0.4, 0.5) is 0 Å². The second-order valence-corrected chi connectivity index (χ2v) is 11.4. The van der Waals surface area contributed by atoms with Crippen molar-refractivity contribution in [3.05, 3.63) is 48.0 Å². The van der Waals surface area contributed by atoms with E-state index < -0.39 is 0 Å². The Bertz CT molecular complexity index is 416. The van der Waals surface area contributed by atoms with Crippen LogP contribution in [0.15, 0.2) is 6.07 Å². The Balaban J connectivity index is -0.000000366. The van der Waals surface area contributed by atoms with Gasteiger partial charge in [0.2, 0.25) is 0 Å². The van der Waals surface area contributed by atoms with Crippen LogP contribution in [0.5, 0.6) is 0 Å². The van der Waals surface area contributed by atoms with Gasteiger partial charge in [-0.3, -0.25) is 0 Å². The Morgan fingerprint density at radius 1 is 0.893 bits per heavy atom. The van der Waals surface area contributed by atoms with Crippen LogP contribution in [-0.4, -0.2) is 14.8 Å². The van der Waals surface area contributed by atoms with E-state index in [1.54, 1.807) is 0 Å². The molecule has 0 saturated heterocycles. The van der Waals surface area contributed by atoms with Crippen LogP contribution >= 0.6 is 0 Å². The molecule has 1 nitrogen and oxygen atoms in total. The molecule has 3 heteroatoms. The first-order valence-corrected chi connectivity index (χ1v) is 14.1. The predicted octanol–water partition coefficient (Wildman–Crippen LogP) is 8.65. The maximum atomic E-state index is 7.80. The number of aryl methyl sites for hydroxylation is 2. The van der Waals surface area contributed by atoms with Crippen molar-refractivity contribution in [1.29, 1.82) is 0 Å². The molecule has 0 atom stereocenters. The van der Waals surface area contributed by atoms with E-state index in [2.05, 4.69) is 53.4 Å². The fourth-order valence-electron chi connectivity index (χ4n) is 3.30. The maximum Gasteiger partial charge on any atom is 4.00 e. The van der Waals surface area contributed by atoms with Crippen LogP contribution in [0, 0.1) is 41.7 Å². The van der Waals surface area contributed by atoms with Crippen molar-refractivity contribution < 1.29 is 21.7 Å². The smallest absolute Gasteiger partial charge is 0.675 e. The fraction of sp³-hybridized carbons (Fsp3) is 0.720. The van der Waals surface area contributed by atoms with Gasteiger partial charge >= 0.3 is 21.7 Å². The van der Waals surface area contributed by atoms with Crippen molar-refractivity contribution in [2.75, 3.05) is 0 Å². The van der Waals surface area contributed by atoms with E-state index in [1.165, 1.54) is 80.0 Å². The number of rotatable bonds is 0. The van der Waals surface area contributed by atoms with Crippen LogP contribution in [0.25, 0.3) is 5.73 Å². The molecule has 162 valence electrons. The van der Waals surface area contributed by atoms with Crippen molar-refractivity contribution in [1.82, 2.24) is 0 Å². The summed E-state index contributed by atoms with van der Waals surface area (Å²) in [6.07, 6.45) is 14.8. The van der Waals surface area contributed by atoms with Crippen molar-refractivity contribution in [3.63, 3.8) is 0 Å². The molecule has 1 fully saturated rings. The van der Waals surface area contributed by atoms with Gasteiger partial charge in [-0.25, -0.2) is 0 Å². The van der Waals surface area contributed by atoms with Crippen molar-refractivity contribution in [2.45, 2.75) is 117 Å². The second-order valence-electron chi connectivity index (χ2n) is 8.61. The average Bonchev–Trinajstić information content (AvgIpc) is 2.77. The minimum Gasteiger partial charge on any atom is -0.675 e. The molecule has 1 saturated carbocycles. The minimum atomic E-state index is -0.389. The van der Waals surface area contributed by atoms with E-state index in [0.717, 1.165) is 12.8 Å². The first-order chi connectivity index (χ1) is 12.3. The molecule has 1 N–H and O–H groups in total. The summed E-state index contributed by atoms with van der Waals surface area (Å²) in [5.41, 5.74) is 13.5. The van der Waals surface area contributed by atoms with Gasteiger partial charge in [-0.05, 0) is 0 Å². The molecular weight excluding hydrogens is 390 g/mol. The number of nitrogens with one attached hydrogen (secondary N) is 1. The van der Waals surface area contributed by atoms with Gasteiger partial charge in [0.05, 0.1) is 0 Å². The monoisotopic (exact) mass is 439 g/mol. The Kier molecular flexibility index (Phi) is 24.1. The topological polar surface area (TPSA) is 23.8 Å². The molecule has 0 amide bonds. The summed E-state index contributed by atoms with van der Waals surface area (Å²) < 4.78 is 0. The zero-order valence-corrected chi connectivity index (χ0v) is 22.9. The SMILES string of the molecule is Cc1c[c-](C)c(C)c1C.[CH2-][SiH](C)C.[CH3-].[NH-]C1CCCCCCCCCCC1.[Ti+4]. The van der Waals surface area contributed by atoms with Gasteiger partial charge in [0.25, 0.3) is 0 Å². The summed E-state index contributed by atoms with van der Waals surface area (Å²) in [5, 5.41) is 0. The van der Waals surface area contributed by atoms with E-state index in [4.69, 9.17) is 5.73 Å². The van der Waals surface area contributed by atoms with Crippen LogP contribution < -0.4 is 0 Å². The third kappa shape index (κ3) is 18.3. The molecular formula is C25H49NSiTi. The standard InChI is InChI=1S/C12H24N.C9H13.C3H9Si.CH3.Ti/c13-12-10-8-6-4-2-1-3-5-7-9-11-12;1-6-5-7(2)9(4)8(6)3;1-4(2)3;;/h12-13H,1-11H2;5H,1-4H3;4H,1H2,2-3H3;1H3;/q4*-1;+4. The van der Waals surface area contributed by atoms with Crippen LogP contribution in [0.1, 0.15) is 92.9 Å². The quantitative estimate of drug-likeness (QED) is 0.285. The zero-order valence-electron chi connectivity index (χ0n) is 20.2.